The molecule has 1 aliphatic heterocycles. The van der Waals surface area contributed by atoms with E-state index in [1.807, 2.05) is 24.3 Å². The Labute approximate surface area is 103 Å². The minimum absolute atomic E-state index is 0.149. The summed E-state index contributed by atoms with van der Waals surface area (Å²) in [5.41, 5.74) is 1.08. The Hall–Kier alpha value is -0.420. The van der Waals surface area contributed by atoms with Crippen LogP contribution in [0.3, 0.4) is 0 Å². The molecule has 0 amide bonds. The highest BCUT2D eigenvalue weighted by Crippen LogP contribution is 2.15. The van der Waals surface area contributed by atoms with Crippen LogP contribution in [-0.4, -0.2) is 18.5 Å². The summed E-state index contributed by atoms with van der Waals surface area (Å²) in [6.45, 7) is 0.739. The number of ketones is 1. The fourth-order valence-electron chi connectivity index (χ4n) is 1.75. The van der Waals surface area contributed by atoms with Gasteiger partial charge in [-0.15, -0.1) is 0 Å². The van der Waals surface area contributed by atoms with Crippen LogP contribution in [0.1, 0.15) is 18.4 Å². The number of Topliss-reactive ketones (excluding diaryl/α,β-unsaturated/α-hetero) is 1. The van der Waals surface area contributed by atoms with Crippen LogP contribution in [0.4, 0.5) is 0 Å². The highest BCUT2D eigenvalue weighted by atomic mass is 127. The van der Waals surface area contributed by atoms with Crippen LogP contribution in [-0.2, 0) is 16.0 Å². The Morgan fingerprint density at radius 3 is 2.73 bits per heavy atom. The van der Waals surface area contributed by atoms with Gasteiger partial charge in [-0.3, -0.25) is 4.79 Å². The smallest absolute Gasteiger partial charge is 0.165 e. The Morgan fingerprint density at radius 1 is 1.40 bits per heavy atom. The summed E-state index contributed by atoms with van der Waals surface area (Å²) in [4.78, 5) is 11.8. The van der Waals surface area contributed by atoms with Gasteiger partial charge in [-0.25, -0.2) is 0 Å². The molecule has 1 aromatic rings. The van der Waals surface area contributed by atoms with Crippen LogP contribution in [0.2, 0.25) is 0 Å². The summed E-state index contributed by atoms with van der Waals surface area (Å²) in [5, 5.41) is 0. The number of hydrogen-bond donors (Lipinski definition) is 0. The highest BCUT2D eigenvalue weighted by Gasteiger charge is 2.23. The maximum Gasteiger partial charge on any atom is 0.165 e. The Morgan fingerprint density at radius 2 is 2.13 bits per heavy atom. The van der Waals surface area contributed by atoms with E-state index in [2.05, 4.69) is 22.6 Å². The fraction of sp³-hybridized carbons (Fsp3) is 0.417. The molecule has 1 aromatic carbocycles. The first-order valence-electron chi connectivity index (χ1n) is 5.14. The number of carbonyl (C=O) groups is 1. The van der Waals surface area contributed by atoms with E-state index in [9.17, 15) is 4.79 Å². The van der Waals surface area contributed by atoms with Crippen molar-refractivity contribution in [1.29, 1.82) is 0 Å². The third-order valence-corrected chi connectivity index (χ3v) is 3.30. The summed E-state index contributed by atoms with van der Waals surface area (Å²) in [5.74, 6) is 0.216. The maximum atomic E-state index is 11.8. The van der Waals surface area contributed by atoms with Crippen LogP contribution >= 0.6 is 22.6 Å². The topological polar surface area (TPSA) is 26.3 Å². The molecule has 1 heterocycles. The molecule has 2 nitrogen and oxygen atoms in total. The number of rotatable bonds is 3. The molecule has 0 aliphatic carbocycles. The lowest BCUT2D eigenvalue weighted by Crippen LogP contribution is -2.21. The first-order chi connectivity index (χ1) is 7.25. The SMILES string of the molecule is O=C(Cc1ccc(I)cc1)C1CCCO1. The zero-order chi connectivity index (χ0) is 10.7. The van der Waals surface area contributed by atoms with Crippen LogP contribution in [0.15, 0.2) is 24.3 Å². The Kier molecular flexibility index (Phi) is 3.75. The van der Waals surface area contributed by atoms with E-state index in [1.165, 1.54) is 3.57 Å². The highest BCUT2D eigenvalue weighted by molar-refractivity contribution is 14.1. The van der Waals surface area contributed by atoms with Gasteiger partial charge in [-0.2, -0.15) is 0 Å². The molecule has 1 atom stereocenters. The van der Waals surface area contributed by atoms with Gasteiger partial charge in [-0.05, 0) is 53.1 Å². The second-order valence-corrected chi connectivity index (χ2v) is 5.02. The lowest BCUT2D eigenvalue weighted by Gasteiger charge is -2.07. The van der Waals surface area contributed by atoms with Gasteiger partial charge in [0.25, 0.3) is 0 Å². The van der Waals surface area contributed by atoms with Crippen molar-refractivity contribution in [3.05, 3.63) is 33.4 Å². The maximum absolute atomic E-state index is 11.8. The minimum atomic E-state index is -0.149. The second kappa shape index (κ2) is 5.07. The van der Waals surface area contributed by atoms with Crippen molar-refractivity contribution in [2.75, 3.05) is 6.61 Å². The summed E-state index contributed by atoms with van der Waals surface area (Å²) in [6.07, 6.45) is 2.26. The van der Waals surface area contributed by atoms with Crippen molar-refractivity contribution in [2.24, 2.45) is 0 Å². The van der Waals surface area contributed by atoms with Crippen molar-refractivity contribution < 1.29 is 9.53 Å². The summed E-state index contributed by atoms with van der Waals surface area (Å²) >= 11 is 2.26. The number of ether oxygens (including phenoxy) is 1. The van der Waals surface area contributed by atoms with Crippen LogP contribution < -0.4 is 0 Å². The lowest BCUT2D eigenvalue weighted by molar-refractivity contribution is -0.127. The molecule has 1 fully saturated rings. The van der Waals surface area contributed by atoms with E-state index in [4.69, 9.17) is 4.74 Å². The standard InChI is InChI=1S/C12H13IO2/c13-10-5-3-9(4-6-10)8-11(14)12-2-1-7-15-12/h3-6,12H,1-2,7-8H2. The van der Waals surface area contributed by atoms with Gasteiger partial charge in [0.05, 0.1) is 0 Å². The molecule has 1 saturated heterocycles. The quantitative estimate of drug-likeness (QED) is 0.801. The average Bonchev–Trinajstić information content (AvgIpc) is 2.74. The van der Waals surface area contributed by atoms with Gasteiger partial charge in [0.2, 0.25) is 0 Å². The Balaban J connectivity index is 1.96. The third-order valence-electron chi connectivity index (χ3n) is 2.58. The monoisotopic (exact) mass is 316 g/mol. The first-order valence-corrected chi connectivity index (χ1v) is 6.22. The predicted octanol–water partition coefficient (Wildman–Crippen LogP) is 2.58. The zero-order valence-electron chi connectivity index (χ0n) is 8.41. The summed E-state index contributed by atoms with van der Waals surface area (Å²) < 4.78 is 6.55. The molecule has 0 radical (unpaired) electrons. The molecule has 15 heavy (non-hydrogen) atoms. The van der Waals surface area contributed by atoms with Crippen LogP contribution in [0, 0.1) is 3.57 Å². The van der Waals surface area contributed by atoms with E-state index >= 15 is 0 Å². The van der Waals surface area contributed by atoms with Gasteiger partial charge >= 0.3 is 0 Å². The lowest BCUT2D eigenvalue weighted by atomic mass is 10.0. The van der Waals surface area contributed by atoms with Crippen LogP contribution in [0.5, 0.6) is 0 Å². The third kappa shape index (κ3) is 3.01. The largest absolute Gasteiger partial charge is 0.370 e. The van der Waals surface area contributed by atoms with E-state index in [-0.39, 0.29) is 11.9 Å². The number of hydrogen-bond acceptors (Lipinski definition) is 2. The van der Waals surface area contributed by atoms with Crippen molar-refractivity contribution in [2.45, 2.75) is 25.4 Å². The molecular formula is C12H13IO2. The van der Waals surface area contributed by atoms with E-state index < -0.39 is 0 Å². The minimum Gasteiger partial charge on any atom is -0.370 e. The number of carbonyl (C=O) groups excluding carboxylic acids is 1. The van der Waals surface area contributed by atoms with Crippen molar-refractivity contribution in [1.82, 2.24) is 0 Å². The van der Waals surface area contributed by atoms with Crippen LogP contribution in [0.25, 0.3) is 0 Å². The van der Waals surface area contributed by atoms with Gasteiger partial charge in [-0.1, -0.05) is 12.1 Å². The molecule has 0 saturated carbocycles. The molecule has 1 aliphatic rings. The first kappa shape index (κ1) is 11.1. The number of halogens is 1. The van der Waals surface area contributed by atoms with Gasteiger partial charge in [0.1, 0.15) is 6.10 Å². The normalized spacial score (nSPS) is 20.5. The molecule has 80 valence electrons. The van der Waals surface area contributed by atoms with E-state index in [0.29, 0.717) is 6.42 Å². The molecule has 0 N–H and O–H groups in total. The molecule has 0 spiro atoms. The predicted molar refractivity (Wildman–Crippen MR) is 66.8 cm³/mol. The van der Waals surface area contributed by atoms with Crippen molar-refractivity contribution in [3.63, 3.8) is 0 Å². The van der Waals surface area contributed by atoms with Gasteiger partial charge in [0, 0.05) is 16.6 Å². The molecular weight excluding hydrogens is 303 g/mol. The molecule has 0 bridgehead atoms. The van der Waals surface area contributed by atoms with Crippen molar-refractivity contribution in [3.8, 4) is 0 Å². The summed E-state index contributed by atoms with van der Waals surface area (Å²) in [7, 11) is 0. The molecule has 0 aromatic heterocycles. The fourth-order valence-corrected chi connectivity index (χ4v) is 2.11. The van der Waals surface area contributed by atoms with Gasteiger partial charge < -0.3 is 4.74 Å². The number of benzene rings is 1. The second-order valence-electron chi connectivity index (χ2n) is 3.77. The Bertz CT molecular complexity index is 339. The zero-order valence-corrected chi connectivity index (χ0v) is 10.6. The van der Waals surface area contributed by atoms with E-state index in [1.54, 1.807) is 0 Å². The summed E-state index contributed by atoms with van der Waals surface area (Å²) in [6, 6.07) is 8.07. The molecule has 1 unspecified atom stereocenters. The van der Waals surface area contributed by atoms with E-state index in [0.717, 1.165) is 25.0 Å². The van der Waals surface area contributed by atoms with Crippen molar-refractivity contribution >= 4 is 28.4 Å². The molecule has 2 rings (SSSR count). The van der Waals surface area contributed by atoms with Gasteiger partial charge in [0.15, 0.2) is 5.78 Å². The molecule has 3 heteroatoms. The average molecular weight is 316 g/mol.